The van der Waals surface area contributed by atoms with Gasteiger partial charge in [0, 0.05) is 6.07 Å². The second-order valence-corrected chi connectivity index (χ2v) is 6.67. The number of benzene rings is 2. The van der Waals surface area contributed by atoms with Crippen LogP contribution in [0.5, 0.6) is 0 Å². The van der Waals surface area contributed by atoms with Crippen molar-refractivity contribution in [1.82, 2.24) is 10.6 Å². The summed E-state index contributed by atoms with van der Waals surface area (Å²) in [6.07, 6.45) is 0.334. The Morgan fingerprint density at radius 1 is 0.966 bits per heavy atom. The average molecular weight is 404 g/mol. The van der Waals surface area contributed by atoms with E-state index in [1.54, 1.807) is 0 Å². The van der Waals surface area contributed by atoms with Crippen LogP contribution in [-0.4, -0.2) is 35.0 Å². The van der Waals surface area contributed by atoms with Gasteiger partial charge in [-0.25, -0.2) is 13.6 Å². The molecule has 0 heterocycles. The third-order valence-corrected chi connectivity index (χ3v) is 4.24. The third kappa shape index (κ3) is 7.33. The van der Waals surface area contributed by atoms with Crippen LogP contribution in [0.3, 0.4) is 0 Å². The van der Waals surface area contributed by atoms with E-state index in [1.165, 1.54) is 6.92 Å². The highest BCUT2D eigenvalue weighted by atomic mass is 19.1. The molecule has 0 saturated heterocycles. The van der Waals surface area contributed by atoms with Gasteiger partial charge >= 0.3 is 5.97 Å². The summed E-state index contributed by atoms with van der Waals surface area (Å²) in [5, 5.41) is 14.1. The Bertz CT molecular complexity index is 854. The van der Waals surface area contributed by atoms with Crippen LogP contribution in [0.4, 0.5) is 8.78 Å². The first-order chi connectivity index (χ1) is 13.7. The smallest absolute Gasteiger partial charge is 0.326 e. The van der Waals surface area contributed by atoms with Crippen molar-refractivity contribution in [3.8, 4) is 0 Å². The number of aryl methyl sites for hydroxylation is 1. The largest absolute Gasteiger partial charge is 0.480 e. The van der Waals surface area contributed by atoms with E-state index in [0.29, 0.717) is 12.5 Å². The number of nitrogens with one attached hydrogen (secondary N) is 2. The number of carbonyl (C=O) groups is 3. The molecule has 0 aliphatic rings. The van der Waals surface area contributed by atoms with E-state index in [0.717, 1.165) is 17.7 Å². The average Bonchev–Trinajstić information content (AvgIpc) is 2.64. The van der Waals surface area contributed by atoms with Gasteiger partial charge in [0.1, 0.15) is 23.7 Å². The highest BCUT2D eigenvalue weighted by Gasteiger charge is 2.23. The number of carboxylic acid groups (broad SMARTS) is 1. The minimum Gasteiger partial charge on any atom is -0.480 e. The second kappa shape index (κ2) is 10.3. The number of rotatable bonds is 9. The highest BCUT2D eigenvalue weighted by molar-refractivity contribution is 5.90. The molecule has 0 fully saturated rings. The first-order valence-electron chi connectivity index (χ1n) is 9.06. The van der Waals surface area contributed by atoms with E-state index in [9.17, 15) is 28.3 Å². The van der Waals surface area contributed by atoms with E-state index in [4.69, 9.17) is 0 Å². The van der Waals surface area contributed by atoms with Crippen molar-refractivity contribution in [2.45, 2.75) is 38.3 Å². The molecule has 2 aromatic rings. The number of hydrogen-bond donors (Lipinski definition) is 3. The van der Waals surface area contributed by atoms with Gasteiger partial charge in [0.15, 0.2) is 0 Å². The van der Waals surface area contributed by atoms with E-state index < -0.39 is 41.5 Å². The van der Waals surface area contributed by atoms with Crippen molar-refractivity contribution in [3.63, 3.8) is 0 Å². The molecule has 8 heteroatoms. The van der Waals surface area contributed by atoms with Gasteiger partial charge in [0.05, 0.1) is 6.42 Å². The summed E-state index contributed by atoms with van der Waals surface area (Å²) in [6.45, 7) is 1.40. The molecule has 0 bridgehead atoms. The molecule has 0 aliphatic carbocycles. The van der Waals surface area contributed by atoms with Crippen LogP contribution < -0.4 is 10.6 Å². The lowest BCUT2D eigenvalue weighted by molar-refractivity contribution is -0.142. The summed E-state index contributed by atoms with van der Waals surface area (Å²) in [6, 6.07) is 9.87. The zero-order valence-electron chi connectivity index (χ0n) is 15.8. The minimum absolute atomic E-state index is 0.124. The fourth-order valence-electron chi connectivity index (χ4n) is 2.77. The van der Waals surface area contributed by atoms with Crippen LogP contribution in [0.25, 0.3) is 0 Å². The molecule has 0 saturated carbocycles. The SMILES string of the molecule is CC(NC(=O)Cc1cc(F)cc(F)c1)C(=O)NC(CCc1ccccc1)C(=O)O. The van der Waals surface area contributed by atoms with Gasteiger partial charge in [-0.1, -0.05) is 30.3 Å². The van der Waals surface area contributed by atoms with Crippen molar-refractivity contribution in [2.75, 3.05) is 0 Å². The van der Waals surface area contributed by atoms with E-state index in [1.807, 2.05) is 30.3 Å². The fourth-order valence-corrected chi connectivity index (χ4v) is 2.77. The van der Waals surface area contributed by atoms with Gasteiger partial charge in [-0.3, -0.25) is 9.59 Å². The molecule has 2 rings (SSSR count). The quantitative estimate of drug-likeness (QED) is 0.597. The predicted octanol–water partition coefficient (Wildman–Crippen LogP) is 2.21. The molecule has 0 spiro atoms. The van der Waals surface area contributed by atoms with Crippen molar-refractivity contribution in [2.24, 2.45) is 0 Å². The Hall–Kier alpha value is -3.29. The topological polar surface area (TPSA) is 95.5 Å². The molecule has 6 nitrogen and oxygen atoms in total. The Morgan fingerprint density at radius 2 is 1.59 bits per heavy atom. The third-order valence-electron chi connectivity index (χ3n) is 4.24. The molecular formula is C21H22F2N2O4. The lowest BCUT2D eigenvalue weighted by Gasteiger charge is -2.19. The zero-order valence-corrected chi connectivity index (χ0v) is 15.8. The van der Waals surface area contributed by atoms with Crippen molar-refractivity contribution in [1.29, 1.82) is 0 Å². The molecule has 2 aromatic carbocycles. The van der Waals surface area contributed by atoms with Gasteiger partial charge in [-0.05, 0) is 43.0 Å². The van der Waals surface area contributed by atoms with Crippen LogP contribution in [0.1, 0.15) is 24.5 Å². The Kier molecular flexibility index (Phi) is 7.82. The maximum absolute atomic E-state index is 13.2. The van der Waals surface area contributed by atoms with Crippen molar-refractivity contribution < 1.29 is 28.3 Å². The standard InChI is InChI=1S/C21H22F2N2O4/c1-13(24-19(26)11-15-9-16(22)12-17(23)10-15)20(27)25-18(21(28)29)8-7-14-5-3-2-4-6-14/h2-6,9-10,12-13,18H,7-8,11H2,1H3,(H,24,26)(H,25,27)(H,28,29). The van der Waals surface area contributed by atoms with Gasteiger partial charge in [0.2, 0.25) is 11.8 Å². The summed E-state index contributed by atoms with van der Waals surface area (Å²) in [4.78, 5) is 35.7. The van der Waals surface area contributed by atoms with Gasteiger partial charge in [0.25, 0.3) is 0 Å². The normalized spacial score (nSPS) is 12.7. The Morgan fingerprint density at radius 3 is 2.17 bits per heavy atom. The summed E-state index contributed by atoms with van der Waals surface area (Å²) in [5.41, 5.74) is 1.07. The van der Waals surface area contributed by atoms with Gasteiger partial charge in [-0.15, -0.1) is 0 Å². The van der Waals surface area contributed by atoms with Crippen LogP contribution in [0.2, 0.25) is 0 Å². The highest BCUT2D eigenvalue weighted by Crippen LogP contribution is 2.09. The van der Waals surface area contributed by atoms with E-state index in [2.05, 4.69) is 10.6 Å². The Balaban J connectivity index is 1.88. The van der Waals surface area contributed by atoms with Crippen LogP contribution in [0.15, 0.2) is 48.5 Å². The summed E-state index contributed by atoms with van der Waals surface area (Å²) in [5.74, 6) is -4.07. The maximum Gasteiger partial charge on any atom is 0.326 e. The summed E-state index contributed by atoms with van der Waals surface area (Å²) in [7, 11) is 0. The number of amides is 2. The Labute approximate surface area is 166 Å². The molecule has 2 unspecified atom stereocenters. The molecule has 3 N–H and O–H groups in total. The molecule has 2 amide bonds. The molecule has 2 atom stereocenters. The predicted molar refractivity (Wildman–Crippen MR) is 102 cm³/mol. The zero-order chi connectivity index (χ0) is 21.4. The molecule has 0 aliphatic heterocycles. The van der Waals surface area contributed by atoms with Crippen LogP contribution >= 0.6 is 0 Å². The minimum atomic E-state index is -1.18. The first kappa shape index (κ1) is 22.0. The summed E-state index contributed by atoms with van der Waals surface area (Å²) < 4.78 is 26.4. The summed E-state index contributed by atoms with van der Waals surface area (Å²) >= 11 is 0. The van der Waals surface area contributed by atoms with E-state index >= 15 is 0 Å². The number of aliphatic carboxylic acids is 1. The monoisotopic (exact) mass is 404 g/mol. The van der Waals surface area contributed by atoms with Crippen LogP contribution in [0, 0.1) is 11.6 Å². The first-order valence-corrected chi connectivity index (χ1v) is 9.06. The molecule has 154 valence electrons. The van der Waals surface area contributed by atoms with Crippen molar-refractivity contribution in [3.05, 3.63) is 71.3 Å². The van der Waals surface area contributed by atoms with Crippen LogP contribution in [-0.2, 0) is 27.2 Å². The van der Waals surface area contributed by atoms with Crippen molar-refractivity contribution >= 4 is 17.8 Å². The number of halogens is 2. The van der Waals surface area contributed by atoms with Gasteiger partial charge < -0.3 is 15.7 Å². The number of carboxylic acids is 1. The molecule has 0 aromatic heterocycles. The number of hydrogen-bond acceptors (Lipinski definition) is 3. The lowest BCUT2D eigenvalue weighted by atomic mass is 10.0. The second-order valence-electron chi connectivity index (χ2n) is 6.67. The maximum atomic E-state index is 13.2. The molecule has 29 heavy (non-hydrogen) atoms. The molecule has 0 radical (unpaired) electrons. The van der Waals surface area contributed by atoms with Gasteiger partial charge in [-0.2, -0.15) is 0 Å². The lowest BCUT2D eigenvalue weighted by Crippen LogP contribution is -2.50. The molecular weight excluding hydrogens is 382 g/mol. The fraction of sp³-hybridized carbons (Fsp3) is 0.286. The number of carbonyl (C=O) groups excluding carboxylic acids is 2. The van der Waals surface area contributed by atoms with E-state index in [-0.39, 0.29) is 18.4 Å².